The predicted octanol–water partition coefficient (Wildman–Crippen LogP) is 13.9. The lowest BCUT2D eigenvalue weighted by Crippen LogP contribution is -1.92. The Morgan fingerprint density at radius 1 is 0.265 bits per heavy atom. The van der Waals surface area contributed by atoms with Crippen LogP contribution in [0.15, 0.2) is 162 Å². The summed E-state index contributed by atoms with van der Waals surface area (Å²) in [5.41, 5.74) is 6.98. The van der Waals surface area contributed by atoms with Crippen molar-refractivity contribution in [2.45, 2.75) is 0 Å². The van der Waals surface area contributed by atoms with Gasteiger partial charge in [-0.2, -0.15) is 0 Å². The molecule has 12 aromatic rings. The largest absolute Gasteiger partial charge is 0.455 e. The average molecular weight is 619 g/mol. The summed E-state index contributed by atoms with van der Waals surface area (Å²) in [5, 5.41) is 20.3. The van der Waals surface area contributed by atoms with Gasteiger partial charge >= 0.3 is 0 Å². The van der Waals surface area contributed by atoms with E-state index in [0.717, 1.165) is 11.2 Å². The maximum absolute atomic E-state index is 6.64. The van der Waals surface area contributed by atoms with Gasteiger partial charge in [-0.1, -0.05) is 146 Å². The van der Waals surface area contributed by atoms with E-state index in [1.807, 2.05) is 0 Å². The molecule has 0 aliphatic rings. The molecule has 0 radical (unpaired) electrons. The fourth-order valence-electron chi connectivity index (χ4n) is 9.10. The molecule has 0 bridgehead atoms. The molecule has 11 aromatic carbocycles. The number of para-hydroxylation sites is 1. The highest BCUT2D eigenvalue weighted by Gasteiger charge is 2.22. The molecule has 0 saturated carbocycles. The minimum Gasteiger partial charge on any atom is -0.455 e. The summed E-state index contributed by atoms with van der Waals surface area (Å²) in [6, 6.07) is 58.3. The monoisotopic (exact) mass is 618 g/mol. The van der Waals surface area contributed by atoms with E-state index >= 15 is 0 Å². The van der Waals surface area contributed by atoms with E-state index in [-0.39, 0.29) is 0 Å². The summed E-state index contributed by atoms with van der Waals surface area (Å²) in [5.74, 6) is 0. The van der Waals surface area contributed by atoms with Gasteiger partial charge in [0.1, 0.15) is 11.2 Å². The van der Waals surface area contributed by atoms with Gasteiger partial charge in [-0.25, -0.2) is 0 Å². The maximum Gasteiger partial charge on any atom is 0.143 e. The van der Waals surface area contributed by atoms with Gasteiger partial charge in [0, 0.05) is 21.5 Å². The van der Waals surface area contributed by atoms with E-state index in [0.29, 0.717) is 0 Å². The lowest BCUT2D eigenvalue weighted by atomic mass is 9.84. The molecule has 1 aromatic heterocycles. The Kier molecular flexibility index (Phi) is 4.77. The molecule has 224 valence electrons. The van der Waals surface area contributed by atoms with E-state index in [9.17, 15) is 0 Å². The van der Waals surface area contributed by atoms with Gasteiger partial charge < -0.3 is 4.42 Å². The molecule has 0 spiro atoms. The first kappa shape index (κ1) is 25.6. The molecular weight excluding hydrogens is 593 g/mol. The molecule has 0 N–H and O–H groups in total. The highest BCUT2D eigenvalue weighted by Crippen LogP contribution is 2.49. The van der Waals surface area contributed by atoms with Crippen LogP contribution in [-0.4, -0.2) is 0 Å². The first-order chi connectivity index (χ1) is 24.3. The average Bonchev–Trinajstić information content (AvgIpc) is 3.56. The smallest absolute Gasteiger partial charge is 0.143 e. The highest BCUT2D eigenvalue weighted by atomic mass is 16.3. The van der Waals surface area contributed by atoms with Crippen LogP contribution in [0.3, 0.4) is 0 Å². The van der Waals surface area contributed by atoms with E-state index < -0.39 is 0 Å². The molecule has 0 unspecified atom stereocenters. The van der Waals surface area contributed by atoms with E-state index in [2.05, 4.69) is 158 Å². The zero-order valence-corrected chi connectivity index (χ0v) is 26.4. The minimum atomic E-state index is 0.934. The van der Waals surface area contributed by atoms with Crippen molar-refractivity contribution in [3.8, 4) is 22.3 Å². The zero-order chi connectivity index (χ0) is 31.8. The molecule has 1 heterocycles. The fourth-order valence-corrected chi connectivity index (χ4v) is 9.10. The van der Waals surface area contributed by atoms with Crippen molar-refractivity contribution in [2.75, 3.05) is 0 Å². The van der Waals surface area contributed by atoms with Gasteiger partial charge in [0.15, 0.2) is 0 Å². The van der Waals surface area contributed by atoms with Crippen LogP contribution in [0, 0.1) is 0 Å². The SMILES string of the molecule is c1ccc2c(-c3ccc4ccc5c(-c6cc7cccc8c9c%10ccccc%10oc9c9cccc6c9c78)ccc6ccc3c4c65)cccc2c1. The van der Waals surface area contributed by atoms with Crippen molar-refractivity contribution in [3.05, 3.63) is 158 Å². The fraction of sp³-hybridized carbons (Fsp3) is 0. The zero-order valence-electron chi connectivity index (χ0n) is 26.4. The molecule has 49 heavy (non-hydrogen) atoms. The molecule has 0 saturated heterocycles. The third-order valence-electron chi connectivity index (χ3n) is 11.1. The Hall–Kier alpha value is -6.44. The molecular formula is C48H26O. The van der Waals surface area contributed by atoms with Crippen LogP contribution in [0.4, 0.5) is 0 Å². The van der Waals surface area contributed by atoms with Gasteiger partial charge in [-0.3, -0.25) is 0 Å². The van der Waals surface area contributed by atoms with Crippen molar-refractivity contribution in [3.63, 3.8) is 0 Å². The van der Waals surface area contributed by atoms with Gasteiger partial charge in [-0.15, -0.1) is 0 Å². The molecule has 0 atom stereocenters. The molecule has 0 aliphatic heterocycles. The van der Waals surface area contributed by atoms with E-state index in [1.54, 1.807) is 0 Å². The molecule has 12 rings (SSSR count). The van der Waals surface area contributed by atoms with Crippen LogP contribution in [-0.2, 0) is 0 Å². The molecule has 1 nitrogen and oxygen atoms in total. The van der Waals surface area contributed by atoms with Gasteiger partial charge in [-0.05, 0) is 99.0 Å². The first-order valence-corrected chi connectivity index (χ1v) is 17.0. The second-order valence-corrected chi connectivity index (χ2v) is 13.5. The second kappa shape index (κ2) is 9.13. The Balaban J connectivity index is 1.20. The van der Waals surface area contributed by atoms with Crippen LogP contribution >= 0.6 is 0 Å². The third kappa shape index (κ3) is 3.25. The van der Waals surface area contributed by atoms with E-state index in [1.165, 1.54) is 108 Å². The number of hydrogen-bond donors (Lipinski definition) is 0. The molecule has 0 amide bonds. The topological polar surface area (TPSA) is 13.1 Å². The number of benzene rings is 11. The maximum atomic E-state index is 6.64. The summed E-state index contributed by atoms with van der Waals surface area (Å²) in [7, 11) is 0. The highest BCUT2D eigenvalue weighted by molar-refractivity contribution is 6.38. The normalized spacial score (nSPS) is 12.5. The lowest BCUT2D eigenvalue weighted by Gasteiger charge is -2.19. The predicted molar refractivity (Wildman–Crippen MR) is 210 cm³/mol. The number of rotatable bonds is 2. The molecule has 1 heteroatoms. The second-order valence-electron chi connectivity index (χ2n) is 13.5. The van der Waals surface area contributed by atoms with Crippen LogP contribution in [0.5, 0.6) is 0 Å². The third-order valence-corrected chi connectivity index (χ3v) is 11.1. The van der Waals surface area contributed by atoms with Gasteiger partial charge in [0.25, 0.3) is 0 Å². The van der Waals surface area contributed by atoms with Crippen LogP contribution in [0.25, 0.3) is 120 Å². The Labute approximate surface area is 280 Å². The van der Waals surface area contributed by atoms with Crippen LogP contribution in [0.2, 0.25) is 0 Å². The Morgan fingerprint density at radius 3 is 1.63 bits per heavy atom. The van der Waals surface area contributed by atoms with Crippen molar-refractivity contribution in [2.24, 2.45) is 0 Å². The minimum absolute atomic E-state index is 0.934. The molecule has 0 fully saturated rings. The summed E-state index contributed by atoms with van der Waals surface area (Å²) in [4.78, 5) is 0. The summed E-state index contributed by atoms with van der Waals surface area (Å²) in [6.07, 6.45) is 0. The number of hydrogen-bond acceptors (Lipinski definition) is 1. The van der Waals surface area contributed by atoms with Crippen LogP contribution in [0.1, 0.15) is 0 Å². The Bertz CT molecular complexity index is 3320. The van der Waals surface area contributed by atoms with Crippen LogP contribution < -0.4 is 0 Å². The van der Waals surface area contributed by atoms with Crippen molar-refractivity contribution in [1.29, 1.82) is 0 Å². The molecule has 0 aliphatic carbocycles. The standard InChI is InChI=1S/C48H26O/c1-2-11-31-27(8-1)9-5-13-32(31)33-22-18-28-21-25-37-34(23-19-29-20-24-36(33)43(28)44(29)37)41-26-30-10-6-15-39-45(30)46-35(41)14-7-16-40(46)48-47(39)38-12-3-4-17-42(38)49-48/h1-26H. The summed E-state index contributed by atoms with van der Waals surface area (Å²) < 4.78 is 6.64. The van der Waals surface area contributed by atoms with E-state index in [4.69, 9.17) is 4.42 Å². The first-order valence-electron chi connectivity index (χ1n) is 17.0. The summed E-state index contributed by atoms with van der Waals surface area (Å²) in [6.45, 7) is 0. The summed E-state index contributed by atoms with van der Waals surface area (Å²) >= 11 is 0. The van der Waals surface area contributed by atoms with Crippen molar-refractivity contribution < 1.29 is 4.42 Å². The van der Waals surface area contributed by atoms with Crippen molar-refractivity contribution >= 4 is 97.3 Å². The van der Waals surface area contributed by atoms with Crippen molar-refractivity contribution in [1.82, 2.24) is 0 Å². The lowest BCUT2D eigenvalue weighted by molar-refractivity contribution is 0.673. The van der Waals surface area contributed by atoms with Gasteiger partial charge in [0.2, 0.25) is 0 Å². The number of furan rings is 1. The quantitative estimate of drug-likeness (QED) is 0.176. The number of fused-ring (bicyclic) bond motifs is 6. The van der Waals surface area contributed by atoms with Gasteiger partial charge in [0.05, 0.1) is 0 Å². The Morgan fingerprint density at radius 2 is 0.796 bits per heavy atom.